The van der Waals surface area contributed by atoms with Crippen molar-refractivity contribution < 1.29 is 0 Å². The molecule has 0 saturated heterocycles. The fourth-order valence-corrected chi connectivity index (χ4v) is 2.52. The van der Waals surface area contributed by atoms with Gasteiger partial charge in [-0.1, -0.05) is 48.5 Å². The van der Waals surface area contributed by atoms with E-state index in [9.17, 15) is 0 Å². The minimum Gasteiger partial charge on any atom is -0.324 e. The molecule has 2 N–H and O–H groups in total. The highest BCUT2D eigenvalue weighted by atomic mass is 14.6. The van der Waals surface area contributed by atoms with Crippen LogP contribution in [0.1, 0.15) is 34.7 Å². The minimum atomic E-state index is 0.131. The second kappa shape index (κ2) is 5.83. The molecule has 2 aromatic carbocycles. The van der Waals surface area contributed by atoms with Gasteiger partial charge in [-0.3, -0.25) is 0 Å². The molecule has 0 aromatic heterocycles. The molecule has 0 bridgehead atoms. The monoisotopic (exact) mass is 239 g/mol. The average molecular weight is 239 g/mol. The highest BCUT2D eigenvalue weighted by Gasteiger charge is 2.11. The molecule has 94 valence electrons. The molecule has 0 fully saturated rings. The number of benzene rings is 2. The Hall–Kier alpha value is -1.60. The third-order valence-corrected chi connectivity index (χ3v) is 3.50. The zero-order chi connectivity index (χ0) is 13.0. The molecular weight excluding hydrogens is 218 g/mol. The molecule has 2 aromatic rings. The van der Waals surface area contributed by atoms with Crippen molar-refractivity contribution in [2.45, 2.75) is 32.7 Å². The molecule has 0 radical (unpaired) electrons. The summed E-state index contributed by atoms with van der Waals surface area (Å²) in [5.41, 5.74) is 11.6. The van der Waals surface area contributed by atoms with Crippen molar-refractivity contribution >= 4 is 0 Å². The van der Waals surface area contributed by atoms with E-state index in [1.54, 1.807) is 0 Å². The van der Waals surface area contributed by atoms with Crippen LogP contribution in [-0.2, 0) is 6.42 Å². The molecule has 18 heavy (non-hydrogen) atoms. The van der Waals surface area contributed by atoms with Gasteiger partial charge in [-0.2, -0.15) is 0 Å². The van der Waals surface area contributed by atoms with E-state index in [2.05, 4.69) is 62.4 Å². The fraction of sp³-hybridized carbons (Fsp3) is 0.294. The van der Waals surface area contributed by atoms with Crippen molar-refractivity contribution in [1.29, 1.82) is 0 Å². The fourth-order valence-electron chi connectivity index (χ4n) is 2.52. The summed E-state index contributed by atoms with van der Waals surface area (Å²) < 4.78 is 0. The molecule has 0 saturated carbocycles. The van der Waals surface area contributed by atoms with Crippen molar-refractivity contribution in [2.75, 3.05) is 0 Å². The zero-order valence-corrected chi connectivity index (χ0v) is 11.2. The Kier molecular flexibility index (Phi) is 4.16. The second-order valence-electron chi connectivity index (χ2n) is 4.94. The first-order chi connectivity index (χ1) is 8.68. The van der Waals surface area contributed by atoms with E-state index < -0.39 is 0 Å². The van der Waals surface area contributed by atoms with Crippen molar-refractivity contribution in [1.82, 2.24) is 0 Å². The number of hydrogen-bond acceptors (Lipinski definition) is 1. The van der Waals surface area contributed by atoms with Gasteiger partial charge in [-0.15, -0.1) is 0 Å². The van der Waals surface area contributed by atoms with Crippen LogP contribution in [0.4, 0.5) is 0 Å². The van der Waals surface area contributed by atoms with Crippen LogP contribution in [0.25, 0.3) is 0 Å². The Bertz CT molecular complexity index is 482. The molecule has 1 nitrogen and oxygen atoms in total. The maximum absolute atomic E-state index is 6.34. The molecular formula is C17H21N. The van der Waals surface area contributed by atoms with Crippen LogP contribution in [0.15, 0.2) is 48.5 Å². The summed E-state index contributed by atoms with van der Waals surface area (Å²) in [4.78, 5) is 0. The molecule has 0 heterocycles. The second-order valence-corrected chi connectivity index (χ2v) is 4.94. The van der Waals surface area contributed by atoms with Gasteiger partial charge in [0.05, 0.1) is 0 Å². The average Bonchev–Trinajstić information content (AvgIpc) is 2.37. The third kappa shape index (κ3) is 2.99. The first-order valence-electron chi connectivity index (χ1n) is 6.54. The van der Waals surface area contributed by atoms with Crippen molar-refractivity contribution in [3.05, 3.63) is 70.8 Å². The molecule has 1 atom stereocenters. The molecule has 1 heteroatoms. The summed E-state index contributed by atoms with van der Waals surface area (Å²) in [6.45, 7) is 4.29. The van der Waals surface area contributed by atoms with Crippen molar-refractivity contribution in [3.8, 4) is 0 Å². The lowest BCUT2D eigenvalue weighted by Gasteiger charge is -2.17. The van der Waals surface area contributed by atoms with Gasteiger partial charge in [0.2, 0.25) is 0 Å². The largest absolute Gasteiger partial charge is 0.324 e. The summed E-state index contributed by atoms with van der Waals surface area (Å²) in [7, 11) is 0. The van der Waals surface area contributed by atoms with Crippen molar-refractivity contribution in [2.24, 2.45) is 5.73 Å². The van der Waals surface area contributed by atoms with Gasteiger partial charge in [0.1, 0.15) is 0 Å². The van der Waals surface area contributed by atoms with Crippen LogP contribution >= 0.6 is 0 Å². The molecule has 0 aliphatic carbocycles. The minimum absolute atomic E-state index is 0.131. The van der Waals surface area contributed by atoms with Gasteiger partial charge in [-0.05, 0) is 48.9 Å². The maximum atomic E-state index is 6.34. The third-order valence-electron chi connectivity index (χ3n) is 3.50. The topological polar surface area (TPSA) is 26.0 Å². The van der Waals surface area contributed by atoms with Gasteiger partial charge >= 0.3 is 0 Å². The SMILES string of the molecule is Cc1cccc(C)c1C(N)CCc1ccccc1. The smallest absolute Gasteiger partial charge is 0.0303 e. The van der Waals surface area contributed by atoms with Crippen molar-refractivity contribution in [3.63, 3.8) is 0 Å². The summed E-state index contributed by atoms with van der Waals surface area (Å²) in [5.74, 6) is 0. The Labute approximate surface area is 110 Å². The van der Waals surface area contributed by atoms with E-state index >= 15 is 0 Å². The Morgan fingerprint density at radius 2 is 1.50 bits per heavy atom. The molecule has 2 rings (SSSR count). The van der Waals surface area contributed by atoms with E-state index in [0.717, 1.165) is 12.8 Å². The maximum Gasteiger partial charge on any atom is 0.0303 e. The van der Waals surface area contributed by atoms with Crippen LogP contribution in [0.3, 0.4) is 0 Å². The highest BCUT2D eigenvalue weighted by molar-refractivity contribution is 5.36. The summed E-state index contributed by atoms with van der Waals surface area (Å²) in [6.07, 6.45) is 2.03. The van der Waals surface area contributed by atoms with E-state index in [4.69, 9.17) is 5.73 Å². The van der Waals surface area contributed by atoms with Gasteiger partial charge in [0.25, 0.3) is 0 Å². The molecule has 1 unspecified atom stereocenters. The number of rotatable bonds is 4. The highest BCUT2D eigenvalue weighted by Crippen LogP contribution is 2.23. The van der Waals surface area contributed by atoms with Crippen LogP contribution in [0.5, 0.6) is 0 Å². The summed E-state index contributed by atoms with van der Waals surface area (Å²) in [6, 6.07) is 17.1. The lowest BCUT2D eigenvalue weighted by atomic mass is 9.93. The van der Waals surface area contributed by atoms with Gasteiger partial charge in [0, 0.05) is 6.04 Å². The Morgan fingerprint density at radius 1 is 0.889 bits per heavy atom. The van der Waals surface area contributed by atoms with Crippen LogP contribution in [0, 0.1) is 13.8 Å². The Balaban J connectivity index is 2.06. The number of nitrogens with two attached hydrogens (primary N) is 1. The van der Waals surface area contributed by atoms with E-state index in [0.29, 0.717) is 0 Å². The first-order valence-corrected chi connectivity index (χ1v) is 6.54. The van der Waals surface area contributed by atoms with Gasteiger partial charge in [0.15, 0.2) is 0 Å². The predicted molar refractivity (Wildman–Crippen MR) is 77.6 cm³/mol. The predicted octanol–water partition coefficient (Wildman–Crippen LogP) is 3.94. The van der Waals surface area contributed by atoms with E-state index in [-0.39, 0.29) is 6.04 Å². The lowest BCUT2D eigenvalue weighted by molar-refractivity contribution is 0.644. The van der Waals surface area contributed by atoms with Gasteiger partial charge < -0.3 is 5.73 Å². The standard InChI is InChI=1S/C17H21N/c1-13-7-6-8-14(2)17(13)16(18)12-11-15-9-4-3-5-10-15/h3-10,16H,11-12,18H2,1-2H3. The quantitative estimate of drug-likeness (QED) is 0.859. The van der Waals surface area contributed by atoms with E-state index in [1.165, 1.54) is 22.3 Å². The van der Waals surface area contributed by atoms with Gasteiger partial charge in [-0.25, -0.2) is 0 Å². The van der Waals surface area contributed by atoms with E-state index in [1.807, 2.05) is 0 Å². The van der Waals surface area contributed by atoms with Crippen LogP contribution < -0.4 is 5.73 Å². The van der Waals surface area contributed by atoms with Crippen LogP contribution in [0.2, 0.25) is 0 Å². The first kappa shape index (κ1) is 12.8. The molecule has 0 aliphatic heterocycles. The summed E-state index contributed by atoms with van der Waals surface area (Å²) >= 11 is 0. The lowest BCUT2D eigenvalue weighted by Crippen LogP contribution is -2.14. The molecule has 0 aliphatic rings. The summed E-state index contributed by atoms with van der Waals surface area (Å²) in [5, 5.41) is 0. The number of hydrogen-bond donors (Lipinski definition) is 1. The Morgan fingerprint density at radius 3 is 2.11 bits per heavy atom. The zero-order valence-electron chi connectivity index (χ0n) is 11.2. The van der Waals surface area contributed by atoms with Crippen LogP contribution in [-0.4, -0.2) is 0 Å². The molecule has 0 spiro atoms. The molecule has 0 amide bonds. The normalized spacial score (nSPS) is 12.4. The number of aryl methyl sites for hydroxylation is 3.